The van der Waals surface area contributed by atoms with Crippen molar-refractivity contribution in [1.29, 1.82) is 0 Å². The van der Waals surface area contributed by atoms with Crippen molar-refractivity contribution in [2.75, 3.05) is 13.7 Å². The van der Waals surface area contributed by atoms with Crippen LogP contribution in [0.3, 0.4) is 0 Å². The molecule has 0 aliphatic carbocycles. The monoisotopic (exact) mass is 500 g/mol. The molecule has 6 heteroatoms. The van der Waals surface area contributed by atoms with Crippen LogP contribution < -0.4 is 9.47 Å². The van der Waals surface area contributed by atoms with Crippen LogP contribution in [-0.2, 0) is 20.7 Å². The number of thiophene rings is 1. The SMILES string of the molecule is C=C(C)C(=O)OCCCc1ccc(-c2ccc3c(sc4cc(OC(=O)C(=C)C)ccc43)c2OC)cc1. The fourth-order valence-electron chi connectivity index (χ4n) is 3.90. The molecule has 0 radical (unpaired) electrons. The standard InChI is InChI=1S/C30H28O5S/c1-18(2)29(31)34-16-6-7-20-8-10-21(11-9-20)23-14-15-25-24-13-12-22(35-30(32)19(3)4)17-26(24)36-28(25)27(23)33-5/h8-15,17H,1,3,6-7,16H2,2,4-5H3. The van der Waals surface area contributed by atoms with Gasteiger partial charge in [0.15, 0.2) is 0 Å². The van der Waals surface area contributed by atoms with Gasteiger partial charge in [-0.1, -0.05) is 43.5 Å². The largest absolute Gasteiger partial charge is 0.495 e. The molecule has 0 atom stereocenters. The van der Waals surface area contributed by atoms with Gasteiger partial charge in [0.05, 0.1) is 18.4 Å². The first-order valence-electron chi connectivity index (χ1n) is 11.6. The molecule has 0 N–H and O–H groups in total. The maximum absolute atomic E-state index is 11.9. The van der Waals surface area contributed by atoms with Crippen LogP contribution in [0, 0.1) is 0 Å². The third kappa shape index (κ3) is 5.34. The predicted octanol–water partition coefficient (Wildman–Crippen LogP) is 7.26. The minimum absolute atomic E-state index is 0.349. The highest BCUT2D eigenvalue weighted by molar-refractivity contribution is 7.26. The maximum atomic E-state index is 11.9. The first-order chi connectivity index (χ1) is 17.3. The molecule has 3 aromatic carbocycles. The van der Waals surface area contributed by atoms with Crippen LogP contribution in [-0.4, -0.2) is 25.7 Å². The first-order valence-corrected chi connectivity index (χ1v) is 12.4. The van der Waals surface area contributed by atoms with Gasteiger partial charge in [-0.2, -0.15) is 0 Å². The van der Waals surface area contributed by atoms with Crippen LogP contribution in [0.1, 0.15) is 25.8 Å². The average molecular weight is 501 g/mol. The number of fused-ring (bicyclic) bond motifs is 3. The molecular weight excluding hydrogens is 472 g/mol. The molecule has 4 rings (SSSR count). The molecule has 4 aromatic rings. The van der Waals surface area contributed by atoms with Gasteiger partial charge in [-0.25, -0.2) is 9.59 Å². The van der Waals surface area contributed by atoms with Crippen molar-refractivity contribution in [2.24, 2.45) is 0 Å². The average Bonchev–Trinajstić information content (AvgIpc) is 3.24. The van der Waals surface area contributed by atoms with Crippen LogP contribution >= 0.6 is 11.3 Å². The quantitative estimate of drug-likeness (QED) is 0.105. The fraction of sp³-hybridized carbons (Fsp3) is 0.200. The van der Waals surface area contributed by atoms with Gasteiger partial charge in [-0.15, -0.1) is 11.3 Å². The summed E-state index contributed by atoms with van der Waals surface area (Å²) in [7, 11) is 1.68. The Hall–Kier alpha value is -3.90. The van der Waals surface area contributed by atoms with Gasteiger partial charge in [0, 0.05) is 32.2 Å². The van der Waals surface area contributed by atoms with E-state index in [2.05, 4.69) is 49.6 Å². The van der Waals surface area contributed by atoms with Crippen LogP contribution in [0.2, 0.25) is 0 Å². The summed E-state index contributed by atoms with van der Waals surface area (Å²) in [4.78, 5) is 23.4. The Morgan fingerprint density at radius 2 is 1.58 bits per heavy atom. The summed E-state index contributed by atoms with van der Waals surface area (Å²) in [5, 5.41) is 2.17. The van der Waals surface area contributed by atoms with E-state index in [0.717, 1.165) is 49.9 Å². The summed E-state index contributed by atoms with van der Waals surface area (Å²) in [6.45, 7) is 10.9. The molecule has 0 aliphatic rings. The van der Waals surface area contributed by atoms with Crippen molar-refractivity contribution >= 4 is 43.4 Å². The molecule has 5 nitrogen and oxygen atoms in total. The third-order valence-electron chi connectivity index (χ3n) is 5.79. The van der Waals surface area contributed by atoms with Gasteiger partial charge in [0.25, 0.3) is 0 Å². The number of aryl methyl sites for hydroxylation is 1. The molecule has 1 aromatic heterocycles. The van der Waals surface area contributed by atoms with E-state index in [4.69, 9.17) is 14.2 Å². The normalized spacial score (nSPS) is 10.9. The zero-order valence-electron chi connectivity index (χ0n) is 20.7. The number of methoxy groups -OCH3 is 1. The van der Waals surface area contributed by atoms with Crippen molar-refractivity contribution in [3.63, 3.8) is 0 Å². The van der Waals surface area contributed by atoms with E-state index in [-0.39, 0.29) is 5.97 Å². The van der Waals surface area contributed by atoms with E-state index in [1.54, 1.807) is 38.4 Å². The molecular formula is C30H28O5S. The zero-order chi connectivity index (χ0) is 25.8. The first kappa shape index (κ1) is 25.2. The second kappa shape index (κ2) is 10.8. The summed E-state index contributed by atoms with van der Waals surface area (Å²) >= 11 is 1.61. The number of ether oxygens (including phenoxy) is 3. The molecule has 0 amide bonds. The van der Waals surface area contributed by atoms with Gasteiger partial charge in [-0.05, 0) is 62.1 Å². The maximum Gasteiger partial charge on any atom is 0.338 e. The lowest BCUT2D eigenvalue weighted by Gasteiger charge is -2.11. The molecule has 0 bridgehead atoms. The number of hydrogen-bond donors (Lipinski definition) is 0. The van der Waals surface area contributed by atoms with Gasteiger partial charge in [0.1, 0.15) is 11.5 Å². The Kier molecular flexibility index (Phi) is 7.55. The number of esters is 2. The number of carbonyl (C=O) groups excluding carboxylic acids is 2. The molecule has 1 heterocycles. The molecule has 0 saturated heterocycles. The van der Waals surface area contributed by atoms with Gasteiger partial charge >= 0.3 is 11.9 Å². The van der Waals surface area contributed by atoms with E-state index < -0.39 is 5.97 Å². The van der Waals surface area contributed by atoms with Crippen molar-refractivity contribution in [1.82, 2.24) is 0 Å². The van der Waals surface area contributed by atoms with E-state index >= 15 is 0 Å². The molecule has 0 fully saturated rings. The molecule has 0 unspecified atom stereocenters. The molecule has 36 heavy (non-hydrogen) atoms. The lowest BCUT2D eigenvalue weighted by atomic mass is 10.00. The second-order valence-corrected chi connectivity index (χ2v) is 9.72. The summed E-state index contributed by atoms with van der Waals surface area (Å²) in [6.07, 6.45) is 1.56. The van der Waals surface area contributed by atoms with Crippen LogP contribution in [0.25, 0.3) is 31.3 Å². The van der Waals surface area contributed by atoms with E-state index in [9.17, 15) is 9.59 Å². The van der Waals surface area contributed by atoms with Crippen LogP contribution in [0.15, 0.2) is 78.9 Å². The van der Waals surface area contributed by atoms with Crippen molar-refractivity contribution in [3.05, 3.63) is 84.5 Å². The van der Waals surface area contributed by atoms with E-state index in [1.165, 1.54) is 5.56 Å². The van der Waals surface area contributed by atoms with E-state index in [1.807, 2.05) is 12.1 Å². The molecule has 0 spiro atoms. The zero-order valence-corrected chi connectivity index (χ0v) is 21.5. The lowest BCUT2D eigenvalue weighted by Crippen LogP contribution is -2.07. The minimum atomic E-state index is -0.438. The second-order valence-electron chi connectivity index (χ2n) is 8.67. The summed E-state index contributed by atoms with van der Waals surface area (Å²) < 4.78 is 18.5. The fourth-order valence-corrected chi connectivity index (χ4v) is 5.16. The Balaban J connectivity index is 1.57. The van der Waals surface area contributed by atoms with Gasteiger partial charge < -0.3 is 14.2 Å². The predicted molar refractivity (Wildman–Crippen MR) is 146 cm³/mol. The van der Waals surface area contributed by atoms with Crippen molar-refractivity contribution < 1.29 is 23.8 Å². The highest BCUT2D eigenvalue weighted by atomic mass is 32.1. The van der Waals surface area contributed by atoms with Crippen LogP contribution in [0.5, 0.6) is 11.5 Å². The van der Waals surface area contributed by atoms with E-state index in [0.29, 0.717) is 23.5 Å². The molecule has 0 aliphatic heterocycles. The van der Waals surface area contributed by atoms with Crippen molar-refractivity contribution in [2.45, 2.75) is 26.7 Å². The Morgan fingerprint density at radius 1 is 0.889 bits per heavy atom. The van der Waals surface area contributed by atoms with Gasteiger partial charge in [0.2, 0.25) is 0 Å². The topological polar surface area (TPSA) is 61.8 Å². The Labute approximate surface area is 214 Å². The third-order valence-corrected chi connectivity index (χ3v) is 6.95. The Bertz CT molecular complexity index is 1480. The lowest BCUT2D eigenvalue weighted by molar-refractivity contribution is -0.139. The number of hydrogen-bond acceptors (Lipinski definition) is 6. The van der Waals surface area contributed by atoms with Gasteiger partial charge in [-0.3, -0.25) is 0 Å². The number of carbonyl (C=O) groups is 2. The van der Waals surface area contributed by atoms with Crippen molar-refractivity contribution in [3.8, 4) is 22.6 Å². The smallest absolute Gasteiger partial charge is 0.338 e. The Morgan fingerprint density at radius 3 is 2.25 bits per heavy atom. The summed E-state index contributed by atoms with van der Waals surface area (Å²) in [5.74, 6) is 0.518. The molecule has 0 saturated carbocycles. The summed E-state index contributed by atoms with van der Waals surface area (Å²) in [5.41, 5.74) is 4.00. The highest BCUT2D eigenvalue weighted by Crippen LogP contribution is 2.45. The highest BCUT2D eigenvalue weighted by Gasteiger charge is 2.16. The van der Waals surface area contributed by atoms with Crippen LogP contribution in [0.4, 0.5) is 0 Å². The minimum Gasteiger partial charge on any atom is -0.495 e. The molecule has 184 valence electrons. The number of benzene rings is 3. The summed E-state index contributed by atoms with van der Waals surface area (Å²) in [6, 6.07) is 18.2. The number of rotatable bonds is 9.